The number of fused-ring (bicyclic) bond motifs is 1. The van der Waals surface area contributed by atoms with Gasteiger partial charge in [0.25, 0.3) is 0 Å². The van der Waals surface area contributed by atoms with Crippen molar-refractivity contribution in [2.24, 2.45) is 0 Å². The molecule has 0 saturated carbocycles. The Hall–Kier alpha value is -1.49. The smallest absolute Gasteiger partial charge is 0.191 e. The summed E-state index contributed by atoms with van der Waals surface area (Å²) in [5.41, 5.74) is 0.574. The van der Waals surface area contributed by atoms with E-state index in [1.54, 1.807) is 19.2 Å². The van der Waals surface area contributed by atoms with Gasteiger partial charge in [-0.3, -0.25) is 0 Å². The number of halogens is 1. The van der Waals surface area contributed by atoms with Crippen LogP contribution in [0.3, 0.4) is 0 Å². The maximum Gasteiger partial charge on any atom is 0.191 e. The molecule has 2 rings (SSSR count). The van der Waals surface area contributed by atoms with Crippen LogP contribution in [0.1, 0.15) is 18.7 Å². The third-order valence-corrected chi connectivity index (χ3v) is 1.78. The van der Waals surface area contributed by atoms with E-state index < -0.39 is 11.9 Å². The summed E-state index contributed by atoms with van der Waals surface area (Å²) < 4.78 is 14.3. The molecule has 1 unspecified atom stereocenters. The summed E-state index contributed by atoms with van der Waals surface area (Å²) >= 11 is 0. The molecule has 2 aromatic rings. The van der Waals surface area contributed by atoms with Crippen LogP contribution >= 0.6 is 0 Å². The molecule has 2 aromatic heterocycles. The lowest BCUT2D eigenvalue weighted by molar-refractivity contribution is 0.194. The van der Waals surface area contributed by atoms with Gasteiger partial charge in [0.2, 0.25) is 0 Å². The number of nitrogens with zero attached hydrogens (tertiary/aromatic N) is 3. The van der Waals surface area contributed by atoms with Gasteiger partial charge in [-0.2, -0.15) is 5.10 Å². The van der Waals surface area contributed by atoms with E-state index in [2.05, 4.69) is 10.1 Å². The standard InChI is InChI=1S/C8H8FN3O/c1-5(13)7-2-3-12-8(11-7)6(9)4-10-12/h2-5,13H,1H3. The first-order valence-corrected chi connectivity index (χ1v) is 3.86. The Kier molecular flexibility index (Phi) is 1.73. The van der Waals surface area contributed by atoms with Gasteiger partial charge >= 0.3 is 0 Å². The Morgan fingerprint density at radius 1 is 1.62 bits per heavy atom. The summed E-state index contributed by atoms with van der Waals surface area (Å²) in [4.78, 5) is 3.91. The van der Waals surface area contributed by atoms with Gasteiger partial charge in [-0.05, 0) is 13.0 Å². The van der Waals surface area contributed by atoms with Crippen molar-refractivity contribution in [3.05, 3.63) is 30.0 Å². The average molecular weight is 181 g/mol. The molecular formula is C8H8FN3O. The fourth-order valence-corrected chi connectivity index (χ4v) is 1.09. The molecule has 0 amide bonds. The van der Waals surface area contributed by atoms with Crippen molar-refractivity contribution in [3.63, 3.8) is 0 Å². The zero-order valence-electron chi connectivity index (χ0n) is 6.98. The number of rotatable bonds is 1. The normalized spacial score (nSPS) is 13.5. The molecule has 0 aliphatic rings. The van der Waals surface area contributed by atoms with Crippen LogP contribution in [0.25, 0.3) is 5.65 Å². The quantitative estimate of drug-likeness (QED) is 0.711. The van der Waals surface area contributed by atoms with Crippen molar-refractivity contribution >= 4 is 5.65 Å². The predicted octanol–water partition coefficient (Wildman–Crippen LogP) is 0.922. The third-order valence-electron chi connectivity index (χ3n) is 1.78. The van der Waals surface area contributed by atoms with Crippen LogP contribution in [0.2, 0.25) is 0 Å². The topological polar surface area (TPSA) is 50.4 Å². The van der Waals surface area contributed by atoms with E-state index in [1.165, 1.54) is 4.52 Å². The number of hydrogen-bond donors (Lipinski definition) is 1. The minimum absolute atomic E-state index is 0.137. The highest BCUT2D eigenvalue weighted by atomic mass is 19.1. The second-order valence-corrected chi connectivity index (χ2v) is 2.79. The molecule has 0 aliphatic carbocycles. The maximum atomic E-state index is 13.0. The monoisotopic (exact) mass is 181 g/mol. The van der Waals surface area contributed by atoms with Crippen LogP contribution in [-0.4, -0.2) is 19.7 Å². The molecule has 1 atom stereocenters. The molecule has 0 fully saturated rings. The molecule has 5 heteroatoms. The Morgan fingerprint density at radius 3 is 3.08 bits per heavy atom. The second kappa shape index (κ2) is 2.77. The van der Waals surface area contributed by atoms with Gasteiger partial charge in [-0.15, -0.1) is 0 Å². The highest BCUT2D eigenvalue weighted by molar-refractivity contribution is 5.38. The van der Waals surface area contributed by atoms with Crippen molar-refractivity contribution in [1.29, 1.82) is 0 Å². The summed E-state index contributed by atoms with van der Waals surface area (Å²) in [6.45, 7) is 1.58. The highest BCUT2D eigenvalue weighted by Gasteiger charge is 2.07. The van der Waals surface area contributed by atoms with E-state index >= 15 is 0 Å². The summed E-state index contributed by atoms with van der Waals surface area (Å²) in [5, 5.41) is 12.9. The third kappa shape index (κ3) is 1.27. The lowest BCUT2D eigenvalue weighted by atomic mass is 10.3. The van der Waals surface area contributed by atoms with Gasteiger partial charge in [-0.25, -0.2) is 13.9 Å². The molecule has 1 N–H and O–H groups in total. The van der Waals surface area contributed by atoms with Crippen LogP contribution in [0.4, 0.5) is 4.39 Å². The van der Waals surface area contributed by atoms with Crippen LogP contribution in [0.5, 0.6) is 0 Å². The molecule has 2 heterocycles. The minimum atomic E-state index is -0.695. The Morgan fingerprint density at radius 2 is 2.38 bits per heavy atom. The Balaban J connectivity index is 2.66. The van der Waals surface area contributed by atoms with E-state index in [1.807, 2.05) is 0 Å². The van der Waals surface area contributed by atoms with Gasteiger partial charge in [0.05, 0.1) is 18.0 Å². The first kappa shape index (κ1) is 8.12. The first-order valence-electron chi connectivity index (χ1n) is 3.86. The first-order chi connectivity index (χ1) is 6.18. The van der Waals surface area contributed by atoms with E-state index in [-0.39, 0.29) is 5.65 Å². The predicted molar refractivity (Wildman–Crippen MR) is 43.6 cm³/mol. The van der Waals surface area contributed by atoms with Gasteiger partial charge < -0.3 is 5.11 Å². The van der Waals surface area contributed by atoms with Crippen molar-refractivity contribution in [2.75, 3.05) is 0 Å². The van der Waals surface area contributed by atoms with Crippen molar-refractivity contribution < 1.29 is 9.50 Å². The van der Waals surface area contributed by atoms with Crippen molar-refractivity contribution in [1.82, 2.24) is 14.6 Å². The van der Waals surface area contributed by atoms with E-state index in [0.29, 0.717) is 5.69 Å². The zero-order chi connectivity index (χ0) is 9.42. The highest BCUT2D eigenvalue weighted by Crippen LogP contribution is 2.11. The van der Waals surface area contributed by atoms with Crippen molar-refractivity contribution in [2.45, 2.75) is 13.0 Å². The number of aliphatic hydroxyl groups excluding tert-OH is 1. The largest absolute Gasteiger partial charge is 0.387 e. The molecule has 68 valence electrons. The molecule has 0 spiro atoms. The molecule has 0 bridgehead atoms. The van der Waals surface area contributed by atoms with Crippen LogP contribution in [0.15, 0.2) is 18.5 Å². The average Bonchev–Trinajstić information content (AvgIpc) is 2.47. The molecular weight excluding hydrogens is 173 g/mol. The minimum Gasteiger partial charge on any atom is -0.387 e. The Bertz CT molecular complexity index is 438. The number of aromatic nitrogens is 3. The van der Waals surface area contributed by atoms with Gasteiger partial charge in [-0.1, -0.05) is 0 Å². The molecule has 0 aliphatic heterocycles. The number of aliphatic hydroxyl groups is 1. The molecule has 4 nitrogen and oxygen atoms in total. The van der Waals surface area contributed by atoms with Crippen LogP contribution < -0.4 is 0 Å². The van der Waals surface area contributed by atoms with Crippen LogP contribution in [-0.2, 0) is 0 Å². The van der Waals surface area contributed by atoms with E-state index in [9.17, 15) is 9.50 Å². The molecule has 0 saturated heterocycles. The van der Waals surface area contributed by atoms with E-state index in [0.717, 1.165) is 6.20 Å². The summed E-state index contributed by atoms with van der Waals surface area (Å²) in [6, 6.07) is 1.60. The summed E-state index contributed by atoms with van der Waals surface area (Å²) in [7, 11) is 0. The summed E-state index contributed by atoms with van der Waals surface area (Å²) in [5.74, 6) is -0.484. The SMILES string of the molecule is CC(O)c1ccn2ncc(F)c2n1. The summed E-state index contributed by atoms with van der Waals surface area (Å²) in [6.07, 6.45) is 1.96. The Labute approximate surface area is 73.6 Å². The molecule has 0 aromatic carbocycles. The van der Waals surface area contributed by atoms with Crippen molar-refractivity contribution in [3.8, 4) is 0 Å². The zero-order valence-corrected chi connectivity index (χ0v) is 6.98. The number of hydrogen-bond acceptors (Lipinski definition) is 3. The fourth-order valence-electron chi connectivity index (χ4n) is 1.09. The van der Waals surface area contributed by atoms with Gasteiger partial charge in [0, 0.05) is 6.20 Å². The van der Waals surface area contributed by atoms with Gasteiger partial charge in [0.15, 0.2) is 11.5 Å². The lowest BCUT2D eigenvalue weighted by Crippen LogP contribution is -1.99. The molecule has 0 radical (unpaired) electrons. The van der Waals surface area contributed by atoms with Crippen LogP contribution in [0, 0.1) is 5.82 Å². The molecule has 13 heavy (non-hydrogen) atoms. The van der Waals surface area contributed by atoms with Gasteiger partial charge in [0.1, 0.15) is 0 Å². The van der Waals surface area contributed by atoms with E-state index in [4.69, 9.17) is 0 Å². The fraction of sp³-hybridized carbons (Fsp3) is 0.250. The lowest BCUT2D eigenvalue weighted by Gasteiger charge is -2.02. The maximum absolute atomic E-state index is 13.0. The second-order valence-electron chi connectivity index (χ2n) is 2.79.